The summed E-state index contributed by atoms with van der Waals surface area (Å²) in [5, 5.41) is 3.53. The molecule has 156 valence electrons. The lowest BCUT2D eigenvalue weighted by molar-refractivity contribution is 0.189. The highest BCUT2D eigenvalue weighted by molar-refractivity contribution is 5.80. The normalized spacial score (nSPS) is 24.2. The molecule has 2 aliphatic heterocycles. The van der Waals surface area contributed by atoms with Gasteiger partial charge in [-0.1, -0.05) is 6.92 Å². The van der Waals surface area contributed by atoms with Crippen molar-refractivity contribution in [1.82, 2.24) is 19.8 Å². The zero-order valence-corrected chi connectivity index (χ0v) is 17.8. The summed E-state index contributed by atoms with van der Waals surface area (Å²) in [6, 6.07) is 4.61. The highest BCUT2D eigenvalue weighted by atomic mass is 16.5. The number of benzene rings is 1. The summed E-state index contributed by atoms with van der Waals surface area (Å²) in [7, 11) is 3.57. The molecule has 0 saturated carbocycles. The molecule has 1 aromatic carbocycles. The number of fused-ring (bicyclic) bond motifs is 1. The molecule has 3 heterocycles. The van der Waals surface area contributed by atoms with Crippen molar-refractivity contribution in [2.75, 3.05) is 27.2 Å². The van der Waals surface area contributed by atoms with Gasteiger partial charge >= 0.3 is 0 Å². The Morgan fingerprint density at radius 2 is 2.24 bits per heavy atom. The number of aliphatic imine (C=N–C) groups is 1. The van der Waals surface area contributed by atoms with E-state index in [1.807, 2.05) is 19.6 Å². The number of hydrogen-bond donors (Lipinski definition) is 1. The Morgan fingerprint density at radius 3 is 2.97 bits per heavy atom. The van der Waals surface area contributed by atoms with E-state index in [-0.39, 0.29) is 6.10 Å². The molecule has 0 spiro atoms. The monoisotopic (exact) mass is 397 g/mol. The number of nitrogens with zero attached hydrogens (tertiary/aromatic N) is 4. The van der Waals surface area contributed by atoms with Crippen molar-refractivity contribution >= 4 is 5.96 Å². The summed E-state index contributed by atoms with van der Waals surface area (Å²) >= 11 is 0. The maximum Gasteiger partial charge on any atom is 0.193 e. The van der Waals surface area contributed by atoms with Crippen LogP contribution in [0.4, 0.5) is 0 Å². The van der Waals surface area contributed by atoms with Crippen molar-refractivity contribution in [3.8, 4) is 11.5 Å². The molecule has 7 heteroatoms. The summed E-state index contributed by atoms with van der Waals surface area (Å²) < 4.78 is 13.8. The number of piperidine rings is 1. The van der Waals surface area contributed by atoms with Crippen LogP contribution in [0.15, 0.2) is 35.8 Å². The Morgan fingerprint density at radius 1 is 1.38 bits per heavy atom. The van der Waals surface area contributed by atoms with Crippen molar-refractivity contribution in [2.45, 2.75) is 45.4 Å². The van der Waals surface area contributed by atoms with Crippen LogP contribution in [-0.4, -0.2) is 53.8 Å². The van der Waals surface area contributed by atoms with Crippen molar-refractivity contribution in [1.29, 1.82) is 0 Å². The fourth-order valence-corrected chi connectivity index (χ4v) is 4.41. The Kier molecular flexibility index (Phi) is 5.65. The third kappa shape index (κ3) is 4.04. The van der Waals surface area contributed by atoms with Gasteiger partial charge in [-0.2, -0.15) is 0 Å². The number of methoxy groups -OCH3 is 1. The molecule has 2 aliphatic rings. The lowest BCUT2D eigenvalue weighted by atomic mass is 9.93. The quantitative estimate of drug-likeness (QED) is 0.635. The summed E-state index contributed by atoms with van der Waals surface area (Å²) in [6.07, 6.45) is 8.09. The molecular weight excluding hydrogens is 366 g/mol. The van der Waals surface area contributed by atoms with Gasteiger partial charge in [-0.05, 0) is 31.4 Å². The number of rotatable bonds is 4. The zero-order valence-electron chi connectivity index (χ0n) is 17.8. The summed E-state index contributed by atoms with van der Waals surface area (Å²) in [4.78, 5) is 11.1. The minimum absolute atomic E-state index is 0.223. The average Bonchev–Trinajstić information content (AvgIpc) is 3.37. The Balaban J connectivity index is 1.46. The molecule has 1 aromatic heterocycles. The molecule has 0 bridgehead atoms. The number of guanidine groups is 1. The molecule has 0 aliphatic carbocycles. The zero-order chi connectivity index (χ0) is 20.4. The van der Waals surface area contributed by atoms with Crippen LogP contribution in [0, 0.1) is 5.92 Å². The first kappa shape index (κ1) is 19.6. The number of hydrogen-bond acceptors (Lipinski definition) is 4. The molecule has 4 rings (SSSR count). The highest BCUT2D eigenvalue weighted by Crippen LogP contribution is 2.35. The molecule has 3 unspecified atom stereocenters. The van der Waals surface area contributed by atoms with E-state index in [1.54, 1.807) is 7.11 Å². The van der Waals surface area contributed by atoms with Gasteiger partial charge in [0.2, 0.25) is 0 Å². The smallest absolute Gasteiger partial charge is 0.193 e. The van der Waals surface area contributed by atoms with Crippen LogP contribution in [0.2, 0.25) is 0 Å². The van der Waals surface area contributed by atoms with E-state index >= 15 is 0 Å². The van der Waals surface area contributed by atoms with Gasteiger partial charge in [-0.3, -0.25) is 4.99 Å². The molecular formula is C22H31N5O2. The van der Waals surface area contributed by atoms with Crippen LogP contribution < -0.4 is 14.8 Å². The molecule has 29 heavy (non-hydrogen) atoms. The van der Waals surface area contributed by atoms with Crippen LogP contribution in [0.1, 0.15) is 37.4 Å². The number of ether oxygens (including phenoxy) is 2. The predicted molar refractivity (Wildman–Crippen MR) is 114 cm³/mol. The number of likely N-dealkylation sites (tertiary alicyclic amines) is 1. The second-order valence-corrected chi connectivity index (χ2v) is 8.09. The fourth-order valence-electron chi connectivity index (χ4n) is 4.41. The van der Waals surface area contributed by atoms with E-state index in [2.05, 4.69) is 56.9 Å². The van der Waals surface area contributed by atoms with Crippen molar-refractivity contribution < 1.29 is 9.47 Å². The van der Waals surface area contributed by atoms with E-state index < -0.39 is 0 Å². The lowest BCUT2D eigenvalue weighted by Gasteiger charge is -2.39. The minimum Gasteiger partial charge on any atom is -0.496 e. The largest absolute Gasteiger partial charge is 0.496 e. The van der Waals surface area contributed by atoms with Crippen LogP contribution in [0.25, 0.3) is 0 Å². The van der Waals surface area contributed by atoms with Crippen LogP contribution in [0.3, 0.4) is 0 Å². The Bertz CT molecular complexity index is 864. The van der Waals surface area contributed by atoms with Gasteiger partial charge < -0.3 is 24.3 Å². The van der Waals surface area contributed by atoms with E-state index in [4.69, 9.17) is 9.47 Å². The standard InChI is InChI=1S/C22H31N5O2/c1-15-5-7-26(13-19(15)27-8-6-24-14-27)22(23-3)25-12-18-11-21-17(9-16(2)29-21)10-20(18)28-4/h6,8,10-11,14-16,19H,5,7,9,12-13H2,1-4H3,(H,23,25). The topological polar surface area (TPSA) is 63.9 Å². The van der Waals surface area contributed by atoms with Gasteiger partial charge in [0.1, 0.15) is 17.6 Å². The molecule has 1 N–H and O–H groups in total. The number of aromatic nitrogens is 2. The van der Waals surface area contributed by atoms with Crippen molar-refractivity contribution in [2.24, 2.45) is 10.9 Å². The maximum absolute atomic E-state index is 5.93. The Labute approximate surface area is 172 Å². The third-order valence-corrected chi connectivity index (χ3v) is 6.07. The van der Waals surface area contributed by atoms with Crippen molar-refractivity contribution in [3.63, 3.8) is 0 Å². The molecule has 1 saturated heterocycles. The van der Waals surface area contributed by atoms with Crippen LogP contribution in [-0.2, 0) is 13.0 Å². The lowest BCUT2D eigenvalue weighted by Crippen LogP contribution is -2.48. The summed E-state index contributed by atoms with van der Waals surface area (Å²) in [6.45, 7) is 6.96. The first-order valence-corrected chi connectivity index (χ1v) is 10.4. The van der Waals surface area contributed by atoms with Gasteiger partial charge in [-0.25, -0.2) is 4.98 Å². The summed E-state index contributed by atoms with van der Waals surface area (Å²) in [5.41, 5.74) is 2.30. The van der Waals surface area contributed by atoms with Gasteiger partial charge in [0.15, 0.2) is 5.96 Å². The third-order valence-electron chi connectivity index (χ3n) is 6.07. The number of nitrogens with one attached hydrogen (secondary N) is 1. The molecule has 3 atom stereocenters. The number of imidazole rings is 1. The van der Waals surface area contributed by atoms with Crippen molar-refractivity contribution in [3.05, 3.63) is 42.0 Å². The highest BCUT2D eigenvalue weighted by Gasteiger charge is 2.29. The molecule has 2 aromatic rings. The average molecular weight is 398 g/mol. The molecule has 0 amide bonds. The van der Waals surface area contributed by atoms with Crippen LogP contribution >= 0.6 is 0 Å². The molecule has 1 fully saturated rings. The van der Waals surface area contributed by atoms with E-state index in [0.29, 0.717) is 18.5 Å². The van der Waals surface area contributed by atoms with Crippen LogP contribution in [0.5, 0.6) is 11.5 Å². The van der Waals surface area contributed by atoms with E-state index in [1.165, 1.54) is 5.56 Å². The fraction of sp³-hybridized carbons (Fsp3) is 0.545. The first-order valence-electron chi connectivity index (χ1n) is 10.4. The first-order chi connectivity index (χ1) is 14.1. The maximum atomic E-state index is 5.93. The van der Waals surface area contributed by atoms with E-state index in [9.17, 15) is 0 Å². The van der Waals surface area contributed by atoms with Gasteiger partial charge in [0.05, 0.1) is 19.5 Å². The Hall–Kier alpha value is -2.70. The molecule has 7 nitrogen and oxygen atoms in total. The van der Waals surface area contributed by atoms with E-state index in [0.717, 1.165) is 49.0 Å². The summed E-state index contributed by atoms with van der Waals surface area (Å²) in [5.74, 6) is 3.39. The van der Waals surface area contributed by atoms with Gasteiger partial charge in [0, 0.05) is 56.6 Å². The minimum atomic E-state index is 0.223. The van der Waals surface area contributed by atoms with Gasteiger partial charge in [-0.15, -0.1) is 0 Å². The second kappa shape index (κ2) is 8.35. The second-order valence-electron chi connectivity index (χ2n) is 8.09. The SMILES string of the molecule is CN=C(NCc1cc2c(cc1OC)CC(C)O2)N1CCC(C)C(n2ccnc2)C1. The predicted octanol–water partition coefficient (Wildman–Crippen LogP) is 2.87. The van der Waals surface area contributed by atoms with Gasteiger partial charge in [0.25, 0.3) is 0 Å². The molecule has 0 radical (unpaired) electrons.